The second-order valence-corrected chi connectivity index (χ2v) is 8.91. The van der Waals surface area contributed by atoms with Gasteiger partial charge in [-0.2, -0.15) is 0 Å². The topological polar surface area (TPSA) is 92.1 Å². The Kier molecular flexibility index (Phi) is 6.32. The molecule has 0 aliphatic carbocycles. The van der Waals surface area contributed by atoms with Crippen LogP contribution in [0.3, 0.4) is 0 Å². The molecule has 0 aliphatic heterocycles. The van der Waals surface area contributed by atoms with E-state index in [1.807, 2.05) is 87.2 Å². The van der Waals surface area contributed by atoms with E-state index in [1.165, 1.54) is 0 Å². The fourth-order valence-corrected chi connectivity index (χ4v) is 4.33. The quantitative estimate of drug-likeness (QED) is 0.308. The third-order valence-electron chi connectivity index (χ3n) is 6.12. The van der Waals surface area contributed by atoms with Crippen molar-refractivity contribution in [3.05, 3.63) is 143 Å². The number of benzene rings is 3. The summed E-state index contributed by atoms with van der Waals surface area (Å²) in [5, 5.41) is 26.7. The molecule has 3 aromatic carbocycles. The average molecular weight is 488 g/mol. The Labute approximate surface area is 214 Å². The zero-order valence-corrected chi connectivity index (χ0v) is 20.1. The maximum Gasteiger partial charge on any atom is 0.0980 e. The van der Waals surface area contributed by atoms with Crippen molar-refractivity contribution >= 4 is 0 Å². The highest BCUT2D eigenvalue weighted by molar-refractivity contribution is 5.30. The van der Waals surface area contributed by atoms with E-state index in [2.05, 4.69) is 67.3 Å². The second-order valence-electron chi connectivity index (χ2n) is 8.91. The van der Waals surface area contributed by atoms with Crippen molar-refractivity contribution in [3.8, 4) is 0 Å². The molecule has 0 fully saturated rings. The van der Waals surface area contributed by atoms with Crippen LogP contribution in [0, 0.1) is 0 Å². The Bertz CT molecular complexity index is 1360. The molecule has 0 spiro atoms. The molecular weight excluding hydrogens is 462 g/mol. The molecule has 6 rings (SSSR count). The number of aromatic nitrogens is 9. The number of rotatable bonds is 9. The minimum Gasteiger partial charge on any atom is -0.248 e. The molecule has 0 saturated heterocycles. The first kappa shape index (κ1) is 22.5. The van der Waals surface area contributed by atoms with Gasteiger partial charge < -0.3 is 0 Å². The summed E-state index contributed by atoms with van der Waals surface area (Å²) in [7, 11) is 0. The molecule has 0 unspecified atom stereocenters. The minimum absolute atomic E-state index is 0.349. The van der Waals surface area contributed by atoms with E-state index in [0.717, 1.165) is 33.8 Å². The molecule has 0 aliphatic rings. The van der Waals surface area contributed by atoms with Crippen molar-refractivity contribution in [2.24, 2.45) is 0 Å². The lowest BCUT2D eigenvalue weighted by atomic mass is 9.99. The Morgan fingerprint density at radius 3 is 1.03 bits per heavy atom. The van der Waals surface area contributed by atoms with Crippen LogP contribution in [0.1, 0.15) is 39.7 Å². The number of hydrogen-bond acceptors (Lipinski definition) is 6. The number of hydrogen-bond donors (Lipinski definition) is 0. The van der Waals surface area contributed by atoms with Crippen molar-refractivity contribution in [2.75, 3.05) is 0 Å². The van der Waals surface area contributed by atoms with Gasteiger partial charge in [0.25, 0.3) is 0 Å². The van der Waals surface area contributed by atoms with Crippen LogP contribution >= 0.6 is 0 Å². The molecule has 9 nitrogen and oxygen atoms in total. The van der Waals surface area contributed by atoms with Crippen LogP contribution in [0.5, 0.6) is 0 Å². The summed E-state index contributed by atoms with van der Waals surface area (Å²) in [5.74, 6) is -0.349. The van der Waals surface area contributed by atoms with Crippen LogP contribution in [-0.4, -0.2) is 45.0 Å². The van der Waals surface area contributed by atoms with Gasteiger partial charge >= 0.3 is 0 Å². The van der Waals surface area contributed by atoms with Gasteiger partial charge in [0.1, 0.15) is 0 Å². The first-order chi connectivity index (χ1) is 18.3. The molecule has 3 heterocycles. The van der Waals surface area contributed by atoms with Gasteiger partial charge in [-0.1, -0.05) is 107 Å². The van der Waals surface area contributed by atoms with Crippen LogP contribution < -0.4 is 0 Å². The Hall–Kier alpha value is -4.92. The number of nitrogens with zero attached hydrogens (tertiary/aromatic N) is 9. The van der Waals surface area contributed by atoms with Crippen molar-refractivity contribution in [1.29, 1.82) is 0 Å². The summed E-state index contributed by atoms with van der Waals surface area (Å²) < 4.78 is 5.50. The Morgan fingerprint density at radius 1 is 0.432 bits per heavy atom. The van der Waals surface area contributed by atoms with Gasteiger partial charge in [0, 0.05) is 18.6 Å². The summed E-state index contributed by atoms with van der Waals surface area (Å²) in [6.07, 6.45) is 5.85. The third kappa shape index (κ3) is 5.35. The van der Waals surface area contributed by atoms with E-state index >= 15 is 0 Å². The van der Waals surface area contributed by atoms with Gasteiger partial charge in [0.05, 0.1) is 42.6 Å². The van der Waals surface area contributed by atoms with Crippen molar-refractivity contribution in [2.45, 2.75) is 25.6 Å². The average Bonchev–Trinajstić information content (AvgIpc) is 3.69. The van der Waals surface area contributed by atoms with E-state index in [0.29, 0.717) is 19.6 Å². The fraction of sp³-hybridized carbons (Fsp3) is 0.143. The normalized spacial score (nSPS) is 11.3. The summed E-state index contributed by atoms with van der Waals surface area (Å²) in [4.78, 5) is 0. The monoisotopic (exact) mass is 487 g/mol. The van der Waals surface area contributed by atoms with Crippen molar-refractivity contribution in [3.63, 3.8) is 0 Å². The van der Waals surface area contributed by atoms with E-state index in [-0.39, 0.29) is 5.92 Å². The molecular formula is C28H25N9. The molecule has 0 radical (unpaired) electrons. The summed E-state index contributed by atoms with van der Waals surface area (Å²) in [6.45, 7) is 1.88. The van der Waals surface area contributed by atoms with Crippen LogP contribution in [0.2, 0.25) is 0 Å². The standard InChI is InChI=1S/C28H25N9/c1-4-10-22(11-5-1)16-35-19-25(29-32-35)28(26-20-36(33-30-26)17-23-12-6-2-7-13-23)27-21-37(34-31-27)18-24-14-8-3-9-15-24/h1-15,19-21,28H,16-18H2. The van der Waals surface area contributed by atoms with Crippen LogP contribution in [0.15, 0.2) is 110 Å². The first-order valence-corrected chi connectivity index (χ1v) is 12.1. The van der Waals surface area contributed by atoms with E-state index in [1.54, 1.807) is 0 Å². The molecule has 0 saturated carbocycles. The summed E-state index contributed by atoms with van der Waals surface area (Å²) in [5.41, 5.74) is 5.69. The lowest BCUT2D eigenvalue weighted by molar-refractivity contribution is 0.647. The lowest BCUT2D eigenvalue weighted by Gasteiger charge is -2.07. The maximum absolute atomic E-state index is 4.51. The molecule has 0 amide bonds. The van der Waals surface area contributed by atoms with Crippen molar-refractivity contribution < 1.29 is 0 Å². The highest BCUT2D eigenvalue weighted by atomic mass is 15.4. The molecule has 9 heteroatoms. The maximum atomic E-state index is 4.51. The Balaban J connectivity index is 1.31. The lowest BCUT2D eigenvalue weighted by Crippen LogP contribution is -2.06. The highest BCUT2D eigenvalue weighted by Gasteiger charge is 2.26. The predicted octanol–water partition coefficient (Wildman–Crippen LogP) is 3.79. The van der Waals surface area contributed by atoms with Gasteiger partial charge in [-0.3, -0.25) is 0 Å². The molecule has 6 aromatic rings. The summed E-state index contributed by atoms with van der Waals surface area (Å²) >= 11 is 0. The zero-order valence-electron chi connectivity index (χ0n) is 20.1. The van der Waals surface area contributed by atoms with Crippen molar-refractivity contribution in [1.82, 2.24) is 45.0 Å². The summed E-state index contributed by atoms with van der Waals surface area (Å²) in [6, 6.07) is 30.6. The Morgan fingerprint density at radius 2 is 0.730 bits per heavy atom. The predicted molar refractivity (Wildman–Crippen MR) is 138 cm³/mol. The SMILES string of the molecule is c1ccc(Cn2cc(C(c3cn(Cc4ccccc4)nn3)c3cn(Cc4ccccc4)nn3)nn2)cc1. The van der Waals surface area contributed by atoms with Gasteiger partial charge in [-0.15, -0.1) is 15.3 Å². The molecule has 0 N–H and O–H groups in total. The largest absolute Gasteiger partial charge is 0.248 e. The van der Waals surface area contributed by atoms with E-state index in [9.17, 15) is 0 Å². The zero-order chi connectivity index (χ0) is 24.9. The molecule has 37 heavy (non-hydrogen) atoms. The first-order valence-electron chi connectivity index (χ1n) is 12.1. The molecule has 0 atom stereocenters. The van der Waals surface area contributed by atoms with Gasteiger partial charge in [-0.25, -0.2) is 14.0 Å². The molecule has 182 valence electrons. The minimum atomic E-state index is -0.349. The van der Waals surface area contributed by atoms with Gasteiger partial charge in [0.2, 0.25) is 0 Å². The third-order valence-corrected chi connectivity index (χ3v) is 6.12. The smallest absolute Gasteiger partial charge is 0.0980 e. The molecule has 0 bridgehead atoms. The molecule has 3 aromatic heterocycles. The van der Waals surface area contributed by atoms with Gasteiger partial charge in [-0.05, 0) is 16.7 Å². The van der Waals surface area contributed by atoms with Gasteiger partial charge in [0.15, 0.2) is 0 Å². The highest BCUT2D eigenvalue weighted by Crippen LogP contribution is 2.28. The second kappa shape index (κ2) is 10.4. The fourth-order valence-electron chi connectivity index (χ4n) is 4.33. The van der Waals surface area contributed by atoms with Crippen LogP contribution in [-0.2, 0) is 19.6 Å². The van der Waals surface area contributed by atoms with E-state index < -0.39 is 0 Å². The van der Waals surface area contributed by atoms with Crippen LogP contribution in [0.25, 0.3) is 0 Å². The van der Waals surface area contributed by atoms with E-state index in [4.69, 9.17) is 0 Å². The van der Waals surface area contributed by atoms with Crippen LogP contribution in [0.4, 0.5) is 0 Å².